The molecule has 5 heteroatoms. The van der Waals surface area contributed by atoms with Gasteiger partial charge >= 0.3 is 5.97 Å². The van der Waals surface area contributed by atoms with Gasteiger partial charge in [0.2, 0.25) is 0 Å². The maximum atomic E-state index is 12.6. The number of rotatable bonds is 4. The van der Waals surface area contributed by atoms with Crippen molar-refractivity contribution in [3.05, 3.63) is 35.4 Å². The van der Waals surface area contributed by atoms with Crippen LogP contribution in [0.3, 0.4) is 0 Å². The molecule has 1 aliphatic rings. The highest BCUT2D eigenvalue weighted by Crippen LogP contribution is 2.24. The summed E-state index contributed by atoms with van der Waals surface area (Å²) in [6.45, 7) is 5.62. The Balaban J connectivity index is 2.00. The lowest BCUT2D eigenvalue weighted by atomic mass is 9.97. The van der Waals surface area contributed by atoms with E-state index in [1.807, 2.05) is 18.7 Å². The van der Waals surface area contributed by atoms with Gasteiger partial charge in [0.05, 0.1) is 12.2 Å². The number of aliphatic hydroxyl groups is 1. The number of carbonyl (C=O) groups excluding carboxylic acids is 2. The molecular weight excluding hydrogens is 294 g/mol. The van der Waals surface area contributed by atoms with Gasteiger partial charge in [-0.1, -0.05) is 12.1 Å². The van der Waals surface area contributed by atoms with E-state index < -0.39 is 12.1 Å². The van der Waals surface area contributed by atoms with Crippen LogP contribution in [0.15, 0.2) is 24.3 Å². The molecule has 0 unspecified atom stereocenters. The lowest BCUT2D eigenvalue weighted by Crippen LogP contribution is -2.51. The van der Waals surface area contributed by atoms with Crippen molar-refractivity contribution in [1.29, 1.82) is 0 Å². The second-order valence-corrected chi connectivity index (χ2v) is 6.28. The Kier molecular flexibility index (Phi) is 5.77. The van der Waals surface area contributed by atoms with Crippen molar-refractivity contribution < 1.29 is 19.4 Å². The number of aliphatic hydroxyl groups excluding tert-OH is 1. The third kappa shape index (κ3) is 4.10. The van der Waals surface area contributed by atoms with E-state index in [4.69, 9.17) is 9.84 Å². The van der Waals surface area contributed by atoms with Crippen LogP contribution in [0.4, 0.5) is 0 Å². The molecule has 0 bridgehead atoms. The van der Waals surface area contributed by atoms with E-state index in [1.165, 1.54) is 0 Å². The molecule has 1 heterocycles. The summed E-state index contributed by atoms with van der Waals surface area (Å²) in [5, 5.41) is 9.01. The molecule has 3 atom stereocenters. The maximum Gasteiger partial charge on any atom is 0.338 e. The van der Waals surface area contributed by atoms with E-state index in [-0.39, 0.29) is 24.6 Å². The molecule has 1 fully saturated rings. The van der Waals surface area contributed by atoms with E-state index in [9.17, 15) is 9.59 Å². The summed E-state index contributed by atoms with van der Waals surface area (Å²) in [5.41, 5.74) is 1.10. The monoisotopic (exact) mass is 319 g/mol. The fraction of sp³-hybridized carbons (Fsp3) is 0.556. The van der Waals surface area contributed by atoms with E-state index in [0.29, 0.717) is 5.56 Å². The summed E-state index contributed by atoms with van der Waals surface area (Å²) >= 11 is 0. The van der Waals surface area contributed by atoms with E-state index in [2.05, 4.69) is 0 Å². The first-order chi connectivity index (χ1) is 10.9. The lowest BCUT2D eigenvalue weighted by molar-refractivity contribution is -0.146. The number of piperidine rings is 1. The molecule has 23 heavy (non-hydrogen) atoms. The molecule has 0 spiro atoms. The van der Waals surface area contributed by atoms with Crippen molar-refractivity contribution in [2.45, 2.75) is 64.8 Å². The highest BCUT2D eigenvalue weighted by atomic mass is 16.5. The Morgan fingerprint density at radius 3 is 2.30 bits per heavy atom. The van der Waals surface area contributed by atoms with Crippen LogP contribution in [0.5, 0.6) is 0 Å². The van der Waals surface area contributed by atoms with Crippen LogP contribution in [-0.2, 0) is 16.1 Å². The number of nitrogens with zero attached hydrogens (tertiary/aromatic N) is 1. The molecule has 0 radical (unpaired) electrons. The summed E-state index contributed by atoms with van der Waals surface area (Å²) in [5.74, 6) is -0.655. The quantitative estimate of drug-likeness (QED) is 0.866. The first-order valence-corrected chi connectivity index (χ1v) is 8.17. The van der Waals surface area contributed by atoms with Gasteiger partial charge in [-0.25, -0.2) is 4.79 Å². The fourth-order valence-corrected chi connectivity index (χ4v) is 3.09. The molecule has 1 aromatic carbocycles. The minimum absolute atomic E-state index is 0.0745. The van der Waals surface area contributed by atoms with Crippen molar-refractivity contribution in [1.82, 2.24) is 4.90 Å². The van der Waals surface area contributed by atoms with E-state index >= 15 is 0 Å². The average molecular weight is 319 g/mol. The zero-order chi connectivity index (χ0) is 17.0. The zero-order valence-corrected chi connectivity index (χ0v) is 14.0. The maximum absolute atomic E-state index is 12.6. The van der Waals surface area contributed by atoms with Gasteiger partial charge in [0.1, 0.15) is 0 Å². The molecule has 1 saturated heterocycles. The number of ether oxygens (including phenoxy) is 1. The molecule has 1 N–H and O–H groups in total. The molecule has 126 valence electrons. The number of hydrogen-bond acceptors (Lipinski definition) is 4. The van der Waals surface area contributed by atoms with Crippen LogP contribution in [0, 0.1) is 0 Å². The van der Waals surface area contributed by atoms with Crippen LogP contribution in [0.25, 0.3) is 0 Å². The Hall–Kier alpha value is -1.88. The summed E-state index contributed by atoms with van der Waals surface area (Å²) in [6.07, 6.45) is 2.29. The van der Waals surface area contributed by atoms with Crippen LogP contribution in [-0.4, -0.2) is 40.1 Å². The Morgan fingerprint density at radius 2 is 1.78 bits per heavy atom. The Labute approximate surface area is 137 Å². The summed E-state index contributed by atoms with van der Waals surface area (Å²) in [6, 6.07) is 6.87. The molecule has 1 amide bonds. The van der Waals surface area contributed by atoms with Crippen molar-refractivity contribution in [3.8, 4) is 0 Å². The topological polar surface area (TPSA) is 66.8 Å². The number of likely N-dealkylation sites (tertiary alicyclic amines) is 1. The largest absolute Gasteiger partial charge is 0.449 e. The molecule has 0 aliphatic carbocycles. The van der Waals surface area contributed by atoms with Crippen molar-refractivity contribution >= 4 is 11.9 Å². The van der Waals surface area contributed by atoms with E-state index in [1.54, 1.807) is 31.2 Å². The van der Waals surface area contributed by atoms with Gasteiger partial charge < -0.3 is 14.7 Å². The van der Waals surface area contributed by atoms with E-state index in [0.717, 1.165) is 24.8 Å². The van der Waals surface area contributed by atoms with Crippen LogP contribution < -0.4 is 0 Å². The van der Waals surface area contributed by atoms with Crippen LogP contribution in [0.1, 0.15) is 56.0 Å². The normalized spacial score (nSPS) is 22.5. The second-order valence-electron chi connectivity index (χ2n) is 6.28. The number of benzene rings is 1. The van der Waals surface area contributed by atoms with Crippen LogP contribution in [0.2, 0.25) is 0 Å². The predicted molar refractivity (Wildman–Crippen MR) is 86.9 cm³/mol. The number of esters is 1. The number of carbonyl (C=O) groups is 2. The Bertz CT molecular complexity index is 545. The molecule has 5 nitrogen and oxygen atoms in total. The first kappa shape index (κ1) is 17.5. The van der Waals surface area contributed by atoms with Gasteiger partial charge in [0.15, 0.2) is 6.10 Å². The highest BCUT2D eigenvalue weighted by Gasteiger charge is 2.33. The van der Waals surface area contributed by atoms with Crippen molar-refractivity contribution in [3.63, 3.8) is 0 Å². The highest BCUT2D eigenvalue weighted by molar-refractivity contribution is 5.92. The van der Waals surface area contributed by atoms with Crippen molar-refractivity contribution in [2.24, 2.45) is 0 Å². The Morgan fingerprint density at radius 1 is 1.22 bits per heavy atom. The minimum Gasteiger partial charge on any atom is -0.449 e. The smallest absolute Gasteiger partial charge is 0.338 e. The number of hydrogen-bond donors (Lipinski definition) is 1. The van der Waals surface area contributed by atoms with Crippen LogP contribution >= 0.6 is 0 Å². The standard InChI is InChI=1S/C18H25NO4/c1-12-5-4-6-13(2)19(12)17(21)14(3)23-18(22)16-9-7-15(11-20)8-10-16/h7-10,12-14,20H,4-6,11H2,1-3H3/t12-,13+,14-/m1/s1. The predicted octanol–water partition coefficient (Wildman–Crippen LogP) is 2.51. The lowest BCUT2D eigenvalue weighted by Gasteiger charge is -2.40. The fourth-order valence-electron chi connectivity index (χ4n) is 3.09. The summed E-state index contributed by atoms with van der Waals surface area (Å²) < 4.78 is 5.33. The molecule has 1 aromatic rings. The first-order valence-electron chi connectivity index (χ1n) is 8.17. The summed E-state index contributed by atoms with van der Waals surface area (Å²) in [4.78, 5) is 26.6. The van der Waals surface area contributed by atoms with Crippen molar-refractivity contribution in [2.75, 3.05) is 0 Å². The zero-order valence-electron chi connectivity index (χ0n) is 14.0. The van der Waals surface area contributed by atoms with Gasteiger partial charge in [-0.2, -0.15) is 0 Å². The molecule has 0 saturated carbocycles. The third-order valence-corrected chi connectivity index (χ3v) is 4.45. The van der Waals surface area contributed by atoms with Gasteiger partial charge in [-0.3, -0.25) is 4.79 Å². The second kappa shape index (κ2) is 7.59. The number of amides is 1. The van der Waals surface area contributed by atoms with Gasteiger partial charge in [-0.05, 0) is 57.7 Å². The molecule has 0 aromatic heterocycles. The van der Waals surface area contributed by atoms with Gasteiger partial charge in [0.25, 0.3) is 5.91 Å². The summed E-state index contributed by atoms with van der Waals surface area (Å²) in [7, 11) is 0. The molecule has 1 aliphatic heterocycles. The minimum atomic E-state index is -0.803. The van der Waals surface area contributed by atoms with Gasteiger partial charge in [0, 0.05) is 12.1 Å². The van der Waals surface area contributed by atoms with Gasteiger partial charge in [-0.15, -0.1) is 0 Å². The molecular formula is C18H25NO4. The SMILES string of the molecule is C[C@@H]1CCC[C@H](C)N1C(=O)[C@@H](C)OC(=O)c1ccc(CO)cc1. The average Bonchev–Trinajstić information content (AvgIpc) is 2.54. The third-order valence-electron chi connectivity index (χ3n) is 4.45. The molecule has 2 rings (SSSR count).